The second kappa shape index (κ2) is 6.73. The summed E-state index contributed by atoms with van der Waals surface area (Å²) in [7, 11) is 0. The Balaban J connectivity index is 2.18. The zero-order valence-corrected chi connectivity index (χ0v) is 11.4. The molecule has 0 aliphatic carbocycles. The van der Waals surface area contributed by atoms with Gasteiger partial charge >= 0.3 is 0 Å². The number of hydrogen-bond donors (Lipinski definition) is 2. The van der Waals surface area contributed by atoms with E-state index in [1.54, 1.807) is 13.0 Å². The monoisotopic (exact) mass is 287 g/mol. The number of hydrogen-bond acceptors (Lipinski definition) is 3. The Morgan fingerprint density at radius 1 is 1.43 bits per heavy atom. The fourth-order valence-corrected chi connectivity index (χ4v) is 1.71. The minimum Gasteiger partial charge on any atom is -0.459 e. The summed E-state index contributed by atoms with van der Waals surface area (Å²) < 4.78 is 18.7. The van der Waals surface area contributed by atoms with Crippen molar-refractivity contribution >= 4 is 11.6 Å². The normalized spacial score (nSPS) is 9.86. The number of aryl methyl sites for hydroxylation is 1. The third-order valence-corrected chi connectivity index (χ3v) is 2.75. The third kappa shape index (κ3) is 3.71. The molecule has 2 rings (SSSR count). The highest BCUT2D eigenvalue weighted by atomic mass is 19.1. The van der Waals surface area contributed by atoms with Gasteiger partial charge in [0.2, 0.25) is 0 Å². The topological polar surface area (TPSA) is 62.5 Å². The molecule has 0 spiro atoms. The van der Waals surface area contributed by atoms with E-state index in [1.807, 2.05) is 0 Å². The van der Waals surface area contributed by atoms with Crippen molar-refractivity contribution in [2.24, 2.45) is 0 Å². The lowest BCUT2D eigenvalue weighted by atomic mass is 10.1. The highest BCUT2D eigenvalue weighted by molar-refractivity contribution is 6.03. The van der Waals surface area contributed by atoms with Crippen LogP contribution < -0.4 is 5.32 Å². The van der Waals surface area contributed by atoms with Crippen molar-refractivity contribution in [1.29, 1.82) is 0 Å². The van der Waals surface area contributed by atoms with Gasteiger partial charge in [-0.2, -0.15) is 0 Å². The number of carbonyl (C=O) groups is 1. The number of halogens is 1. The van der Waals surface area contributed by atoms with Crippen LogP contribution >= 0.6 is 0 Å². The maximum atomic E-state index is 13.6. The van der Waals surface area contributed by atoms with E-state index >= 15 is 0 Å². The number of carbonyl (C=O) groups excluding carboxylic acids is 1. The minimum atomic E-state index is -0.479. The summed E-state index contributed by atoms with van der Waals surface area (Å²) in [4.78, 5) is 12.0. The van der Waals surface area contributed by atoms with Crippen LogP contribution in [0.1, 0.15) is 28.1 Å². The molecule has 2 N–H and O–H groups in total. The highest BCUT2D eigenvalue weighted by Crippen LogP contribution is 2.16. The lowest BCUT2D eigenvalue weighted by molar-refractivity contribution is 0.0996. The standard InChI is InChI=1S/C16H14FNO3/c1-11-7-9-21-15(11)16(20)18-13-5-6-14(17)12(10-13)4-2-3-8-19/h5-7,9-10,19H,3,8H2,1H3,(H,18,20). The molecule has 2 aromatic rings. The van der Waals surface area contributed by atoms with E-state index in [0.717, 1.165) is 5.56 Å². The first kappa shape index (κ1) is 14.8. The average molecular weight is 287 g/mol. The molecule has 0 bridgehead atoms. The molecule has 108 valence electrons. The van der Waals surface area contributed by atoms with Crippen LogP contribution in [0.25, 0.3) is 0 Å². The molecule has 0 aliphatic rings. The van der Waals surface area contributed by atoms with Crippen molar-refractivity contribution < 1.29 is 18.7 Å². The van der Waals surface area contributed by atoms with E-state index in [9.17, 15) is 9.18 Å². The molecular weight excluding hydrogens is 273 g/mol. The Hall–Kier alpha value is -2.58. The van der Waals surface area contributed by atoms with Gasteiger partial charge in [-0.1, -0.05) is 11.8 Å². The Bertz CT molecular complexity index is 710. The number of rotatable bonds is 3. The zero-order valence-electron chi connectivity index (χ0n) is 11.4. The molecule has 1 aromatic carbocycles. The van der Waals surface area contributed by atoms with Gasteiger partial charge in [0.15, 0.2) is 5.76 Å². The molecule has 0 saturated heterocycles. The fraction of sp³-hybridized carbons (Fsp3) is 0.188. The van der Waals surface area contributed by atoms with Gasteiger partial charge in [-0.15, -0.1) is 0 Å². The van der Waals surface area contributed by atoms with E-state index in [2.05, 4.69) is 17.2 Å². The van der Waals surface area contributed by atoms with Crippen LogP contribution in [0.5, 0.6) is 0 Å². The van der Waals surface area contributed by atoms with Gasteiger partial charge in [0.25, 0.3) is 5.91 Å². The maximum absolute atomic E-state index is 13.6. The smallest absolute Gasteiger partial charge is 0.291 e. The molecule has 0 unspecified atom stereocenters. The predicted molar refractivity (Wildman–Crippen MR) is 76.4 cm³/mol. The molecule has 0 saturated carbocycles. The highest BCUT2D eigenvalue weighted by Gasteiger charge is 2.13. The van der Waals surface area contributed by atoms with Crippen molar-refractivity contribution in [3.05, 3.63) is 53.2 Å². The summed E-state index contributed by atoms with van der Waals surface area (Å²) in [5.41, 5.74) is 1.31. The van der Waals surface area contributed by atoms with Crippen LogP contribution in [-0.2, 0) is 0 Å². The summed E-state index contributed by atoms with van der Waals surface area (Å²) in [6.45, 7) is 1.68. The van der Waals surface area contributed by atoms with Crippen LogP contribution in [-0.4, -0.2) is 17.6 Å². The second-order valence-electron chi connectivity index (χ2n) is 4.36. The van der Waals surface area contributed by atoms with Gasteiger partial charge in [0.1, 0.15) is 5.82 Å². The van der Waals surface area contributed by atoms with Crippen LogP contribution in [0.2, 0.25) is 0 Å². The SMILES string of the molecule is Cc1ccoc1C(=O)Nc1ccc(F)c(C#CCCO)c1. The van der Waals surface area contributed by atoms with Gasteiger partial charge in [0.05, 0.1) is 18.4 Å². The van der Waals surface area contributed by atoms with E-state index in [4.69, 9.17) is 9.52 Å². The lowest BCUT2D eigenvalue weighted by Crippen LogP contribution is -2.12. The molecular formula is C16H14FNO3. The summed E-state index contributed by atoms with van der Waals surface area (Å²) in [6, 6.07) is 5.80. The molecule has 4 nitrogen and oxygen atoms in total. The number of furan rings is 1. The van der Waals surface area contributed by atoms with Crippen LogP contribution in [0, 0.1) is 24.6 Å². The molecule has 1 amide bonds. The maximum Gasteiger partial charge on any atom is 0.291 e. The summed E-state index contributed by atoms with van der Waals surface area (Å²) in [5, 5.41) is 11.3. The number of anilines is 1. The van der Waals surface area contributed by atoms with Crippen molar-refractivity contribution in [3.8, 4) is 11.8 Å². The first-order valence-corrected chi connectivity index (χ1v) is 6.36. The molecule has 5 heteroatoms. The number of nitrogens with one attached hydrogen (secondary N) is 1. The minimum absolute atomic E-state index is 0.0805. The van der Waals surface area contributed by atoms with E-state index in [1.165, 1.54) is 24.5 Å². The third-order valence-electron chi connectivity index (χ3n) is 2.75. The van der Waals surface area contributed by atoms with Crippen LogP contribution in [0.4, 0.5) is 10.1 Å². The Morgan fingerprint density at radius 3 is 2.90 bits per heavy atom. The van der Waals surface area contributed by atoms with Crippen LogP contribution in [0.15, 0.2) is 34.9 Å². The Kier molecular flexibility index (Phi) is 4.75. The van der Waals surface area contributed by atoms with Gasteiger partial charge < -0.3 is 14.8 Å². The quantitative estimate of drug-likeness (QED) is 0.853. The number of benzene rings is 1. The number of aliphatic hydroxyl groups is 1. The van der Waals surface area contributed by atoms with Crippen molar-refractivity contribution in [2.45, 2.75) is 13.3 Å². The van der Waals surface area contributed by atoms with E-state index in [0.29, 0.717) is 5.69 Å². The molecule has 0 fully saturated rings. The molecule has 21 heavy (non-hydrogen) atoms. The Morgan fingerprint density at radius 2 is 2.24 bits per heavy atom. The number of amides is 1. The summed E-state index contributed by atoms with van der Waals surface area (Å²) in [5.74, 6) is 4.58. The molecule has 1 heterocycles. The summed E-state index contributed by atoms with van der Waals surface area (Å²) >= 11 is 0. The Labute approximate surface area is 121 Å². The van der Waals surface area contributed by atoms with Crippen molar-refractivity contribution in [3.63, 3.8) is 0 Å². The molecule has 0 aliphatic heterocycles. The van der Waals surface area contributed by atoms with E-state index in [-0.39, 0.29) is 24.4 Å². The van der Waals surface area contributed by atoms with Crippen LogP contribution in [0.3, 0.4) is 0 Å². The summed E-state index contributed by atoms with van der Waals surface area (Å²) in [6.07, 6.45) is 1.70. The molecule has 0 radical (unpaired) electrons. The van der Waals surface area contributed by atoms with Crippen molar-refractivity contribution in [1.82, 2.24) is 0 Å². The van der Waals surface area contributed by atoms with Gasteiger partial charge in [-0.3, -0.25) is 4.79 Å². The lowest BCUT2D eigenvalue weighted by Gasteiger charge is -2.05. The first-order valence-electron chi connectivity index (χ1n) is 6.36. The fourth-order valence-electron chi connectivity index (χ4n) is 1.71. The second-order valence-corrected chi connectivity index (χ2v) is 4.36. The largest absolute Gasteiger partial charge is 0.459 e. The van der Waals surface area contributed by atoms with E-state index < -0.39 is 11.7 Å². The average Bonchev–Trinajstić information content (AvgIpc) is 2.89. The predicted octanol–water partition coefficient (Wildman–Crippen LogP) is 2.71. The van der Waals surface area contributed by atoms with Crippen molar-refractivity contribution in [2.75, 3.05) is 11.9 Å². The van der Waals surface area contributed by atoms with Gasteiger partial charge in [0, 0.05) is 17.7 Å². The van der Waals surface area contributed by atoms with Gasteiger partial charge in [-0.25, -0.2) is 4.39 Å². The first-order chi connectivity index (χ1) is 10.1. The molecule has 0 atom stereocenters. The number of aliphatic hydroxyl groups excluding tert-OH is 1. The molecule has 1 aromatic heterocycles. The zero-order chi connectivity index (χ0) is 15.2. The van der Waals surface area contributed by atoms with Gasteiger partial charge in [-0.05, 0) is 31.2 Å².